The molecule has 2 aromatic heterocycles. The van der Waals surface area contributed by atoms with Crippen LogP contribution in [0.15, 0.2) is 22.6 Å². The Kier molecular flexibility index (Phi) is 6.65. The molecule has 0 bridgehead atoms. The Morgan fingerprint density at radius 3 is 2.86 bits per heavy atom. The van der Waals surface area contributed by atoms with E-state index < -0.39 is 0 Å². The second-order valence-corrected chi connectivity index (χ2v) is 9.94. The van der Waals surface area contributed by atoms with Gasteiger partial charge in [-0.1, -0.05) is 44.5 Å². The lowest BCUT2D eigenvalue weighted by Crippen LogP contribution is -2.44. The summed E-state index contributed by atoms with van der Waals surface area (Å²) < 4.78 is 1.62. The highest BCUT2D eigenvalue weighted by molar-refractivity contribution is 7.99. The number of nitrogens with one attached hydrogen (secondary N) is 1. The van der Waals surface area contributed by atoms with Crippen LogP contribution >= 0.6 is 23.1 Å². The van der Waals surface area contributed by atoms with Crippen molar-refractivity contribution in [1.82, 2.24) is 14.9 Å². The van der Waals surface area contributed by atoms with Crippen LogP contribution in [0.3, 0.4) is 0 Å². The molecular formula is C21H29N3O2S2. The monoisotopic (exact) mass is 419 g/mol. The molecule has 1 fully saturated rings. The fourth-order valence-corrected chi connectivity index (χ4v) is 5.76. The SMILES string of the molecule is C=CCn1c(SCC(=O)N[C@H]2CCC[C@H](C)[C@@H]2C)nc2sc(C)c(C)c2c1=O. The zero-order valence-electron chi connectivity index (χ0n) is 17.1. The van der Waals surface area contributed by atoms with Gasteiger partial charge in [-0.25, -0.2) is 4.98 Å². The summed E-state index contributed by atoms with van der Waals surface area (Å²) in [6.07, 6.45) is 5.14. The first-order chi connectivity index (χ1) is 13.3. The molecule has 1 amide bonds. The van der Waals surface area contributed by atoms with Crippen LogP contribution in [-0.2, 0) is 11.3 Å². The van der Waals surface area contributed by atoms with Crippen molar-refractivity contribution in [3.8, 4) is 0 Å². The third kappa shape index (κ3) is 4.20. The number of hydrogen-bond donors (Lipinski definition) is 1. The average molecular weight is 420 g/mol. The highest BCUT2D eigenvalue weighted by Crippen LogP contribution is 2.30. The molecule has 0 aromatic carbocycles. The molecule has 1 aliphatic rings. The van der Waals surface area contributed by atoms with Gasteiger partial charge in [0.15, 0.2) is 5.16 Å². The van der Waals surface area contributed by atoms with Crippen molar-refractivity contribution in [3.63, 3.8) is 0 Å². The van der Waals surface area contributed by atoms with Crippen LogP contribution in [0.5, 0.6) is 0 Å². The van der Waals surface area contributed by atoms with Crippen LogP contribution in [0.2, 0.25) is 0 Å². The van der Waals surface area contributed by atoms with Gasteiger partial charge in [-0.3, -0.25) is 14.2 Å². The van der Waals surface area contributed by atoms with Crippen molar-refractivity contribution in [2.75, 3.05) is 5.75 Å². The van der Waals surface area contributed by atoms with E-state index in [2.05, 4.69) is 25.7 Å². The Bertz CT molecular complexity index is 947. The highest BCUT2D eigenvalue weighted by atomic mass is 32.2. The van der Waals surface area contributed by atoms with Gasteiger partial charge in [0.2, 0.25) is 5.91 Å². The molecule has 3 atom stereocenters. The number of amides is 1. The normalized spacial score (nSPS) is 22.4. The summed E-state index contributed by atoms with van der Waals surface area (Å²) in [5.41, 5.74) is 0.939. The summed E-state index contributed by atoms with van der Waals surface area (Å²) in [4.78, 5) is 32.1. The lowest BCUT2D eigenvalue weighted by Gasteiger charge is -2.34. The van der Waals surface area contributed by atoms with E-state index in [1.165, 1.54) is 29.5 Å². The Balaban J connectivity index is 1.78. The lowest BCUT2D eigenvalue weighted by atomic mass is 9.78. The van der Waals surface area contributed by atoms with Gasteiger partial charge in [-0.15, -0.1) is 17.9 Å². The van der Waals surface area contributed by atoms with Gasteiger partial charge < -0.3 is 5.32 Å². The minimum absolute atomic E-state index is 0.00832. The number of hydrogen-bond acceptors (Lipinski definition) is 5. The van der Waals surface area contributed by atoms with E-state index in [4.69, 9.17) is 4.98 Å². The highest BCUT2D eigenvalue weighted by Gasteiger charge is 2.28. The molecule has 7 heteroatoms. The van der Waals surface area contributed by atoms with Gasteiger partial charge in [0.05, 0.1) is 11.1 Å². The molecule has 2 heterocycles. The molecule has 0 unspecified atom stereocenters. The Labute approximate surface area is 174 Å². The van der Waals surface area contributed by atoms with Crippen LogP contribution in [0.4, 0.5) is 0 Å². The van der Waals surface area contributed by atoms with Gasteiger partial charge in [0.25, 0.3) is 5.56 Å². The number of thiophene rings is 1. The first-order valence-electron chi connectivity index (χ1n) is 9.87. The standard InChI is InChI=1S/C21H29N3O2S2/c1-6-10-24-20(26)18-14(4)15(5)28-19(18)23-21(24)27-11-17(25)22-16-9-7-8-12(2)13(16)3/h6,12-13,16H,1,7-11H2,2-5H3,(H,22,25)/t12-,13-,16-/m0/s1. The minimum atomic E-state index is -0.0515. The number of aromatic nitrogens is 2. The first-order valence-corrected chi connectivity index (χ1v) is 11.7. The molecule has 5 nitrogen and oxygen atoms in total. The second kappa shape index (κ2) is 8.82. The predicted molar refractivity (Wildman–Crippen MR) is 118 cm³/mol. The van der Waals surface area contributed by atoms with E-state index in [1.54, 1.807) is 10.6 Å². The average Bonchev–Trinajstić information content (AvgIpc) is 2.94. The summed E-state index contributed by atoms with van der Waals surface area (Å²) in [6, 6.07) is 0.241. The zero-order valence-corrected chi connectivity index (χ0v) is 18.7. The fourth-order valence-electron chi connectivity index (χ4n) is 3.87. The largest absolute Gasteiger partial charge is 0.352 e. The topological polar surface area (TPSA) is 64.0 Å². The van der Waals surface area contributed by atoms with E-state index >= 15 is 0 Å². The summed E-state index contributed by atoms with van der Waals surface area (Å²) in [7, 11) is 0. The van der Waals surface area contributed by atoms with Crippen LogP contribution in [0.25, 0.3) is 10.2 Å². The van der Waals surface area contributed by atoms with Gasteiger partial charge >= 0.3 is 0 Å². The van der Waals surface area contributed by atoms with Crippen LogP contribution in [0, 0.1) is 25.7 Å². The van der Waals surface area contributed by atoms with Gasteiger partial charge in [0.1, 0.15) is 4.83 Å². The molecule has 1 aliphatic carbocycles. The molecule has 0 spiro atoms. The minimum Gasteiger partial charge on any atom is -0.352 e. The van der Waals surface area contributed by atoms with Crippen molar-refractivity contribution >= 4 is 39.2 Å². The van der Waals surface area contributed by atoms with Crippen molar-refractivity contribution < 1.29 is 4.79 Å². The number of allylic oxidation sites excluding steroid dienone is 1. The van der Waals surface area contributed by atoms with Crippen molar-refractivity contribution in [2.45, 2.75) is 64.7 Å². The maximum absolute atomic E-state index is 13.0. The van der Waals surface area contributed by atoms with Crippen LogP contribution < -0.4 is 10.9 Å². The molecule has 0 radical (unpaired) electrons. The molecule has 0 aliphatic heterocycles. The van der Waals surface area contributed by atoms with E-state index in [1.807, 2.05) is 13.8 Å². The van der Waals surface area contributed by atoms with Crippen molar-refractivity contribution in [2.24, 2.45) is 11.8 Å². The Morgan fingerprint density at radius 1 is 1.39 bits per heavy atom. The maximum Gasteiger partial charge on any atom is 0.263 e. The van der Waals surface area contributed by atoms with Crippen LogP contribution in [0.1, 0.15) is 43.6 Å². The number of nitrogens with zero attached hydrogens (tertiary/aromatic N) is 2. The first kappa shape index (κ1) is 21.1. The Morgan fingerprint density at radius 2 is 2.14 bits per heavy atom. The number of thioether (sulfide) groups is 1. The fraction of sp³-hybridized carbons (Fsp3) is 0.571. The number of aryl methyl sites for hydroxylation is 2. The van der Waals surface area contributed by atoms with Gasteiger partial charge in [-0.2, -0.15) is 0 Å². The van der Waals surface area contributed by atoms with Crippen molar-refractivity contribution in [3.05, 3.63) is 33.4 Å². The number of carbonyl (C=O) groups is 1. The molecule has 28 heavy (non-hydrogen) atoms. The molecular weight excluding hydrogens is 390 g/mol. The number of carbonyl (C=O) groups excluding carboxylic acids is 1. The smallest absolute Gasteiger partial charge is 0.263 e. The number of fused-ring (bicyclic) bond motifs is 1. The summed E-state index contributed by atoms with van der Waals surface area (Å²) in [6.45, 7) is 12.6. The van der Waals surface area contributed by atoms with Gasteiger partial charge in [-0.05, 0) is 37.7 Å². The molecule has 2 aromatic rings. The van der Waals surface area contributed by atoms with E-state index in [-0.39, 0.29) is 23.3 Å². The van der Waals surface area contributed by atoms with E-state index in [0.29, 0.717) is 28.9 Å². The molecule has 0 saturated heterocycles. The zero-order chi connectivity index (χ0) is 20.4. The maximum atomic E-state index is 13.0. The predicted octanol–water partition coefficient (Wildman–Crippen LogP) is 4.29. The Hall–Kier alpha value is -1.60. The van der Waals surface area contributed by atoms with E-state index in [9.17, 15) is 9.59 Å². The lowest BCUT2D eigenvalue weighted by molar-refractivity contribution is -0.120. The molecule has 1 N–H and O–H groups in total. The molecule has 152 valence electrons. The van der Waals surface area contributed by atoms with Crippen molar-refractivity contribution in [1.29, 1.82) is 0 Å². The second-order valence-electron chi connectivity index (χ2n) is 7.79. The third-order valence-corrected chi connectivity index (χ3v) is 8.03. The van der Waals surface area contributed by atoms with Crippen LogP contribution in [-0.4, -0.2) is 27.3 Å². The molecule has 1 saturated carbocycles. The van der Waals surface area contributed by atoms with Gasteiger partial charge in [0, 0.05) is 17.5 Å². The quantitative estimate of drug-likeness (QED) is 0.431. The summed E-state index contributed by atoms with van der Waals surface area (Å²) in [5, 5.41) is 4.46. The summed E-state index contributed by atoms with van der Waals surface area (Å²) >= 11 is 2.86. The number of rotatable bonds is 6. The third-order valence-electron chi connectivity index (χ3n) is 5.95. The summed E-state index contributed by atoms with van der Waals surface area (Å²) in [5.74, 6) is 1.40. The molecule has 3 rings (SSSR count). The van der Waals surface area contributed by atoms with E-state index in [0.717, 1.165) is 28.1 Å².